The Hall–Kier alpha value is -1.40. The smallest absolute Gasteiger partial charge is 0.218 e. The van der Waals surface area contributed by atoms with Crippen molar-refractivity contribution in [3.63, 3.8) is 0 Å². The first-order valence-corrected chi connectivity index (χ1v) is 7.75. The lowest BCUT2D eigenvalue weighted by molar-refractivity contribution is 0.0658. The van der Waals surface area contributed by atoms with Crippen molar-refractivity contribution in [2.24, 2.45) is 0 Å². The van der Waals surface area contributed by atoms with Crippen LogP contribution in [0.4, 0.5) is 5.82 Å². The number of nitrogens with zero attached hydrogens (tertiary/aromatic N) is 2. The van der Waals surface area contributed by atoms with Crippen LogP contribution in [-0.4, -0.2) is 42.4 Å². The fraction of sp³-hybridized carbons (Fsp3) is 0.733. The topological polar surface area (TPSA) is 65.5 Å². The molecule has 6 nitrogen and oxygen atoms in total. The predicted octanol–water partition coefficient (Wildman–Crippen LogP) is 2.39. The van der Waals surface area contributed by atoms with Gasteiger partial charge in [0.15, 0.2) is 5.82 Å². The van der Waals surface area contributed by atoms with Crippen LogP contribution in [0.2, 0.25) is 0 Å². The van der Waals surface area contributed by atoms with Crippen LogP contribution in [0.5, 0.6) is 5.88 Å². The third-order valence-electron chi connectivity index (χ3n) is 3.18. The molecular weight excluding hydrogens is 270 g/mol. The molecule has 0 radical (unpaired) electrons. The first-order valence-electron chi connectivity index (χ1n) is 7.75. The van der Waals surface area contributed by atoms with E-state index in [2.05, 4.69) is 22.2 Å². The van der Waals surface area contributed by atoms with Crippen molar-refractivity contribution >= 4 is 5.82 Å². The highest BCUT2D eigenvalue weighted by atomic mass is 16.5. The van der Waals surface area contributed by atoms with Crippen LogP contribution in [-0.2, 0) is 16.1 Å². The molecule has 21 heavy (non-hydrogen) atoms. The third-order valence-corrected chi connectivity index (χ3v) is 3.18. The lowest BCUT2D eigenvalue weighted by Gasteiger charge is -2.13. The van der Waals surface area contributed by atoms with Crippen molar-refractivity contribution in [1.29, 1.82) is 0 Å². The number of hydrogen-bond acceptors (Lipinski definition) is 6. The summed E-state index contributed by atoms with van der Waals surface area (Å²) in [6, 6.07) is 1.83. The number of nitrogens with one attached hydrogen (secondary N) is 1. The molecule has 2 rings (SSSR count). The highest BCUT2D eigenvalue weighted by molar-refractivity contribution is 5.38. The molecule has 1 unspecified atom stereocenters. The van der Waals surface area contributed by atoms with Gasteiger partial charge in [-0.05, 0) is 26.2 Å². The number of ether oxygens (including phenoxy) is 3. The SMILES string of the molecule is CCCNc1cc(OCC2CCCO2)nc(COCC)n1. The first-order chi connectivity index (χ1) is 10.3. The third kappa shape index (κ3) is 5.47. The molecule has 0 saturated carbocycles. The van der Waals surface area contributed by atoms with Crippen molar-refractivity contribution < 1.29 is 14.2 Å². The number of hydrogen-bond donors (Lipinski definition) is 1. The highest BCUT2D eigenvalue weighted by Crippen LogP contribution is 2.17. The van der Waals surface area contributed by atoms with E-state index in [1.54, 1.807) is 0 Å². The molecule has 2 heterocycles. The van der Waals surface area contributed by atoms with Crippen molar-refractivity contribution in [2.75, 3.05) is 31.7 Å². The van der Waals surface area contributed by atoms with Crippen molar-refractivity contribution in [2.45, 2.75) is 45.8 Å². The second-order valence-corrected chi connectivity index (χ2v) is 5.02. The van der Waals surface area contributed by atoms with E-state index in [-0.39, 0.29) is 6.10 Å². The van der Waals surface area contributed by atoms with Gasteiger partial charge in [0, 0.05) is 25.8 Å². The molecule has 1 N–H and O–H groups in total. The Kier molecular flexibility index (Phi) is 6.69. The van der Waals surface area contributed by atoms with E-state index in [0.717, 1.165) is 38.2 Å². The van der Waals surface area contributed by atoms with Crippen LogP contribution in [0.1, 0.15) is 38.9 Å². The standard InChI is InChI=1S/C15H25N3O3/c1-3-7-16-13-9-15(18-14(17-13)11-19-4-2)21-10-12-6-5-8-20-12/h9,12H,3-8,10-11H2,1-2H3,(H,16,17,18). The summed E-state index contributed by atoms with van der Waals surface area (Å²) in [5, 5.41) is 3.26. The minimum atomic E-state index is 0.183. The number of rotatable bonds is 9. The van der Waals surface area contributed by atoms with Crippen LogP contribution in [0.3, 0.4) is 0 Å². The second-order valence-electron chi connectivity index (χ2n) is 5.02. The van der Waals surface area contributed by atoms with E-state index in [1.165, 1.54) is 0 Å². The summed E-state index contributed by atoms with van der Waals surface area (Å²) >= 11 is 0. The van der Waals surface area contributed by atoms with Gasteiger partial charge in [0.25, 0.3) is 0 Å². The Morgan fingerprint density at radius 2 is 2.29 bits per heavy atom. The molecule has 1 aromatic heterocycles. The fourth-order valence-electron chi connectivity index (χ4n) is 2.10. The average molecular weight is 295 g/mol. The molecule has 0 bridgehead atoms. The normalized spacial score (nSPS) is 17.9. The van der Waals surface area contributed by atoms with Gasteiger partial charge in [-0.25, -0.2) is 4.98 Å². The van der Waals surface area contributed by atoms with E-state index in [9.17, 15) is 0 Å². The van der Waals surface area contributed by atoms with Crippen LogP contribution >= 0.6 is 0 Å². The summed E-state index contributed by atoms with van der Waals surface area (Å²) in [5.41, 5.74) is 0. The molecule has 0 aliphatic carbocycles. The Labute approximate surface area is 126 Å². The van der Waals surface area contributed by atoms with Gasteiger partial charge < -0.3 is 19.5 Å². The predicted molar refractivity (Wildman–Crippen MR) is 80.6 cm³/mol. The summed E-state index contributed by atoms with van der Waals surface area (Å²) in [6.07, 6.45) is 3.38. The first kappa shape index (κ1) is 16.0. The highest BCUT2D eigenvalue weighted by Gasteiger charge is 2.16. The molecule has 1 fully saturated rings. The largest absolute Gasteiger partial charge is 0.475 e. The van der Waals surface area contributed by atoms with E-state index in [1.807, 2.05) is 13.0 Å². The molecule has 1 aromatic rings. The average Bonchev–Trinajstić information content (AvgIpc) is 3.02. The van der Waals surface area contributed by atoms with E-state index < -0.39 is 0 Å². The lowest BCUT2D eigenvalue weighted by Crippen LogP contribution is -2.17. The molecule has 0 spiro atoms. The lowest BCUT2D eigenvalue weighted by atomic mass is 10.2. The van der Waals surface area contributed by atoms with Gasteiger partial charge in [-0.3, -0.25) is 0 Å². The summed E-state index contributed by atoms with van der Waals surface area (Å²) in [7, 11) is 0. The molecule has 1 aliphatic rings. The van der Waals surface area contributed by atoms with Crippen LogP contribution in [0, 0.1) is 0 Å². The van der Waals surface area contributed by atoms with Gasteiger partial charge in [-0.1, -0.05) is 6.92 Å². The maximum Gasteiger partial charge on any atom is 0.218 e. The monoisotopic (exact) mass is 295 g/mol. The molecule has 118 valence electrons. The molecular formula is C15H25N3O3. The van der Waals surface area contributed by atoms with Gasteiger partial charge in [-0.2, -0.15) is 4.98 Å². The zero-order valence-electron chi connectivity index (χ0n) is 12.9. The molecule has 6 heteroatoms. The Morgan fingerprint density at radius 3 is 3.00 bits per heavy atom. The molecule has 1 saturated heterocycles. The molecule has 1 aliphatic heterocycles. The van der Waals surface area contributed by atoms with Crippen LogP contribution in [0.25, 0.3) is 0 Å². The Bertz CT molecular complexity index is 396. The molecule has 0 aromatic carbocycles. The maximum atomic E-state index is 5.76. The van der Waals surface area contributed by atoms with Gasteiger partial charge in [0.1, 0.15) is 19.0 Å². The number of anilines is 1. The summed E-state index contributed by atoms with van der Waals surface area (Å²) in [5.74, 6) is 2.00. The molecule has 1 atom stereocenters. The van der Waals surface area contributed by atoms with Crippen molar-refractivity contribution in [1.82, 2.24) is 9.97 Å². The van der Waals surface area contributed by atoms with E-state index in [0.29, 0.717) is 31.5 Å². The zero-order valence-corrected chi connectivity index (χ0v) is 12.9. The second kappa shape index (κ2) is 8.79. The van der Waals surface area contributed by atoms with Crippen molar-refractivity contribution in [3.05, 3.63) is 11.9 Å². The summed E-state index contributed by atoms with van der Waals surface area (Å²) < 4.78 is 16.7. The van der Waals surface area contributed by atoms with Gasteiger partial charge in [0.05, 0.1) is 6.10 Å². The van der Waals surface area contributed by atoms with Crippen LogP contribution in [0.15, 0.2) is 6.07 Å². The van der Waals surface area contributed by atoms with Gasteiger partial charge >= 0.3 is 0 Å². The Balaban J connectivity index is 1.98. The minimum absolute atomic E-state index is 0.183. The van der Waals surface area contributed by atoms with E-state index >= 15 is 0 Å². The van der Waals surface area contributed by atoms with E-state index in [4.69, 9.17) is 14.2 Å². The minimum Gasteiger partial charge on any atom is -0.475 e. The quantitative estimate of drug-likeness (QED) is 0.754. The maximum absolute atomic E-state index is 5.76. The van der Waals surface area contributed by atoms with Gasteiger partial charge in [0.2, 0.25) is 5.88 Å². The zero-order chi connectivity index (χ0) is 14.9. The number of aromatic nitrogens is 2. The summed E-state index contributed by atoms with van der Waals surface area (Å²) in [6.45, 7) is 7.35. The summed E-state index contributed by atoms with van der Waals surface area (Å²) in [4.78, 5) is 8.82. The van der Waals surface area contributed by atoms with Gasteiger partial charge in [-0.15, -0.1) is 0 Å². The Morgan fingerprint density at radius 1 is 1.38 bits per heavy atom. The fourth-order valence-corrected chi connectivity index (χ4v) is 2.10. The van der Waals surface area contributed by atoms with Crippen molar-refractivity contribution in [3.8, 4) is 5.88 Å². The molecule has 0 amide bonds. The van der Waals surface area contributed by atoms with Crippen LogP contribution < -0.4 is 10.1 Å².